The average molecular weight is 415 g/mol. The number of anilines is 1. The van der Waals surface area contributed by atoms with Crippen LogP contribution >= 0.6 is 0 Å². The first-order chi connectivity index (χ1) is 14.2. The van der Waals surface area contributed by atoms with Gasteiger partial charge in [0.05, 0.1) is 6.54 Å². The van der Waals surface area contributed by atoms with Crippen molar-refractivity contribution in [2.75, 3.05) is 25.5 Å². The molecule has 0 bridgehead atoms. The van der Waals surface area contributed by atoms with Crippen LogP contribution < -0.4 is 10.6 Å². The number of amides is 5. The van der Waals surface area contributed by atoms with E-state index in [0.717, 1.165) is 41.0 Å². The Balaban J connectivity index is 1.61. The van der Waals surface area contributed by atoms with Gasteiger partial charge < -0.3 is 15.5 Å². The largest absolute Gasteiger partial charge is 0.335 e. The van der Waals surface area contributed by atoms with Crippen LogP contribution in [0.2, 0.25) is 0 Å². The van der Waals surface area contributed by atoms with Crippen LogP contribution in [0.25, 0.3) is 0 Å². The lowest BCUT2D eigenvalue weighted by molar-refractivity contribution is -0.140. The Labute approximate surface area is 177 Å². The molecule has 2 N–H and O–H groups in total. The van der Waals surface area contributed by atoms with Gasteiger partial charge >= 0.3 is 6.03 Å². The summed E-state index contributed by atoms with van der Waals surface area (Å²) in [5.74, 6) is -1.10. The predicted molar refractivity (Wildman–Crippen MR) is 113 cm³/mol. The number of nitrogens with one attached hydrogen (secondary N) is 2. The normalized spacial score (nSPS) is 23.5. The summed E-state index contributed by atoms with van der Waals surface area (Å²) in [6.45, 7) is 5.23. The number of imide groups is 1. The monoisotopic (exact) mass is 414 g/mol. The molecule has 2 aliphatic rings. The summed E-state index contributed by atoms with van der Waals surface area (Å²) in [6, 6.07) is 5.18. The zero-order valence-electron chi connectivity index (χ0n) is 18.1. The maximum atomic E-state index is 13.0. The number of nitrogens with zero attached hydrogens (tertiary/aromatic N) is 2. The molecule has 30 heavy (non-hydrogen) atoms. The highest BCUT2D eigenvalue weighted by molar-refractivity contribution is 6.09. The number of aryl methyl sites for hydroxylation is 2. The predicted octanol–water partition coefficient (Wildman–Crippen LogP) is 2.20. The molecule has 1 aliphatic carbocycles. The summed E-state index contributed by atoms with van der Waals surface area (Å²) >= 11 is 0. The number of para-hydroxylation sites is 1. The van der Waals surface area contributed by atoms with E-state index < -0.39 is 17.5 Å². The molecule has 5 amide bonds. The number of hydrogen-bond donors (Lipinski definition) is 2. The lowest BCUT2D eigenvalue weighted by Gasteiger charge is -2.36. The summed E-state index contributed by atoms with van der Waals surface area (Å²) in [6.07, 6.45) is 3.36. The second kappa shape index (κ2) is 8.45. The molecule has 1 saturated heterocycles. The van der Waals surface area contributed by atoms with E-state index in [4.69, 9.17) is 0 Å². The van der Waals surface area contributed by atoms with Gasteiger partial charge in [-0.25, -0.2) is 4.79 Å². The van der Waals surface area contributed by atoms with Crippen molar-refractivity contribution in [3.63, 3.8) is 0 Å². The molecule has 0 unspecified atom stereocenters. The molecule has 2 atom stereocenters. The van der Waals surface area contributed by atoms with E-state index in [-0.39, 0.29) is 30.8 Å². The molecule has 162 valence electrons. The van der Waals surface area contributed by atoms with E-state index in [0.29, 0.717) is 6.42 Å². The van der Waals surface area contributed by atoms with E-state index in [1.54, 1.807) is 0 Å². The first-order valence-electron chi connectivity index (χ1n) is 10.4. The third kappa shape index (κ3) is 4.04. The molecule has 1 aliphatic heterocycles. The standard InChI is InChI=1S/C22H30N4O4/c1-14-8-7-9-15(2)19(14)23-17(27)12-25(4)18(28)13-26-20(29)22(24-21(26)30)11-6-5-10-16(22)3/h7-9,16H,5-6,10-13H2,1-4H3,(H,23,27)(H,24,30)/t16-,22-/m0/s1. The van der Waals surface area contributed by atoms with E-state index in [1.165, 1.54) is 11.9 Å². The Morgan fingerprint density at radius 3 is 2.53 bits per heavy atom. The molecule has 1 heterocycles. The molecule has 8 heteroatoms. The molecule has 0 radical (unpaired) electrons. The van der Waals surface area contributed by atoms with E-state index >= 15 is 0 Å². The molecule has 3 rings (SSSR count). The van der Waals surface area contributed by atoms with Gasteiger partial charge in [-0.1, -0.05) is 38.0 Å². The van der Waals surface area contributed by atoms with E-state index in [9.17, 15) is 19.2 Å². The Kier molecular flexibility index (Phi) is 6.14. The van der Waals surface area contributed by atoms with Gasteiger partial charge in [-0.05, 0) is 43.7 Å². The molecule has 1 aromatic carbocycles. The van der Waals surface area contributed by atoms with Crippen LogP contribution in [-0.4, -0.2) is 59.2 Å². The van der Waals surface area contributed by atoms with Crippen LogP contribution in [0.15, 0.2) is 18.2 Å². The lowest BCUT2D eigenvalue weighted by Crippen LogP contribution is -2.54. The Bertz CT molecular complexity index is 864. The van der Waals surface area contributed by atoms with Crippen molar-refractivity contribution in [1.29, 1.82) is 0 Å². The minimum Gasteiger partial charge on any atom is -0.335 e. The minimum atomic E-state index is -0.895. The zero-order chi connectivity index (χ0) is 22.1. The molecule has 1 aromatic rings. The summed E-state index contributed by atoms with van der Waals surface area (Å²) in [5.41, 5.74) is 1.70. The Morgan fingerprint density at radius 2 is 1.90 bits per heavy atom. The van der Waals surface area contributed by atoms with Crippen LogP contribution in [0.1, 0.15) is 43.7 Å². The first kappa shape index (κ1) is 21.8. The van der Waals surface area contributed by atoms with Crippen LogP contribution in [0, 0.1) is 19.8 Å². The van der Waals surface area contributed by atoms with Crippen molar-refractivity contribution >= 4 is 29.4 Å². The quantitative estimate of drug-likeness (QED) is 0.722. The van der Waals surface area contributed by atoms with Gasteiger partial charge in [0.1, 0.15) is 12.1 Å². The fourth-order valence-corrected chi connectivity index (χ4v) is 4.39. The van der Waals surface area contributed by atoms with E-state index in [2.05, 4.69) is 10.6 Å². The summed E-state index contributed by atoms with van der Waals surface area (Å²) in [5, 5.41) is 5.67. The van der Waals surface area contributed by atoms with Gasteiger partial charge in [0.15, 0.2) is 0 Å². The second-order valence-electron chi connectivity index (χ2n) is 8.50. The van der Waals surface area contributed by atoms with Gasteiger partial charge in [-0.15, -0.1) is 0 Å². The Morgan fingerprint density at radius 1 is 1.23 bits per heavy atom. The molecule has 2 fully saturated rings. The highest BCUT2D eigenvalue weighted by Crippen LogP contribution is 2.38. The highest BCUT2D eigenvalue weighted by atomic mass is 16.2. The number of rotatable bonds is 5. The number of carbonyl (C=O) groups is 4. The summed E-state index contributed by atoms with van der Waals surface area (Å²) in [7, 11) is 1.49. The maximum absolute atomic E-state index is 13.0. The average Bonchev–Trinajstić information content (AvgIpc) is 2.92. The number of carbonyl (C=O) groups excluding carboxylic acids is 4. The molecule has 8 nitrogen and oxygen atoms in total. The van der Waals surface area contributed by atoms with Gasteiger partial charge in [0.25, 0.3) is 5.91 Å². The molecule has 1 spiro atoms. The second-order valence-corrected chi connectivity index (χ2v) is 8.50. The first-order valence-corrected chi connectivity index (χ1v) is 10.4. The van der Waals surface area contributed by atoms with Crippen LogP contribution in [0.4, 0.5) is 10.5 Å². The number of urea groups is 1. The van der Waals surface area contributed by atoms with Crippen molar-refractivity contribution in [3.8, 4) is 0 Å². The maximum Gasteiger partial charge on any atom is 0.325 e. The SMILES string of the molecule is Cc1cccc(C)c1NC(=O)CN(C)C(=O)CN1C(=O)N[C@]2(CCCC[C@@H]2C)C1=O. The molecule has 1 saturated carbocycles. The number of hydrogen-bond acceptors (Lipinski definition) is 4. The van der Waals surface area contributed by atoms with Crippen LogP contribution in [0.3, 0.4) is 0 Å². The molecule has 0 aromatic heterocycles. The number of benzene rings is 1. The van der Waals surface area contributed by atoms with Gasteiger partial charge in [0.2, 0.25) is 11.8 Å². The number of likely N-dealkylation sites (N-methyl/N-ethyl adjacent to an activating group) is 1. The molecular formula is C22H30N4O4. The topological polar surface area (TPSA) is 98.8 Å². The highest BCUT2D eigenvalue weighted by Gasteiger charge is 2.55. The fourth-order valence-electron chi connectivity index (χ4n) is 4.39. The summed E-state index contributed by atoms with van der Waals surface area (Å²) < 4.78 is 0. The van der Waals surface area contributed by atoms with Crippen molar-refractivity contribution in [2.45, 2.75) is 52.0 Å². The fraction of sp³-hybridized carbons (Fsp3) is 0.545. The van der Waals surface area contributed by atoms with Crippen LogP contribution in [-0.2, 0) is 14.4 Å². The van der Waals surface area contributed by atoms with Gasteiger partial charge in [-0.3, -0.25) is 19.3 Å². The Hall–Kier alpha value is -2.90. The summed E-state index contributed by atoms with van der Waals surface area (Å²) in [4.78, 5) is 52.7. The lowest BCUT2D eigenvalue weighted by atomic mass is 9.73. The molecular weight excluding hydrogens is 384 g/mol. The van der Waals surface area contributed by atoms with Crippen molar-refractivity contribution < 1.29 is 19.2 Å². The van der Waals surface area contributed by atoms with Gasteiger partial charge in [-0.2, -0.15) is 0 Å². The van der Waals surface area contributed by atoms with Crippen molar-refractivity contribution in [2.24, 2.45) is 5.92 Å². The zero-order valence-corrected chi connectivity index (χ0v) is 18.1. The smallest absolute Gasteiger partial charge is 0.325 e. The minimum absolute atomic E-state index is 0.0312. The van der Waals surface area contributed by atoms with Gasteiger partial charge in [0, 0.05) is 12.7 Å². The van der Waals surface area contributed by atoms with Crippen molar-refractivity contribution in [3.05, 3.63) is 29.3 Å². The van der Waals surface area contributed by atoms with E-state index in [1.807, 2.05) is 39.0 Å². The van der Waals surface area contributed by atoms with Crippen LogP contribution in [0.5, 0.6) is 0 Å². The third-order valence-corrected chi connectivity index (χ3v) is 6.35. The van der Waals surface area contributed by atoms with Crippen molar-refractivity contribution in [1.82, 2.24) is 15.1 Å². The third-order valence-electron chi connectivity index (χ3n) is 6.35.